The Kier molecular flexibility index (Phi) is 7.05. The highest BCUT2D eigenvalue weighted by atomic mass is 19.2. The first-order valence-electron chi connectivity index (χ1n) is 10.1. The molecule has 0 unspecified atom stereocenters. The highest BCUT2D eigenvalue weighted by Crippen LogP contribution is 2.34. The fourth-order valence-corrected chi connectivity index (χ4v) is 3.13. The number of hydrogen-bond acceptors (Lipinski definition) is 4. The van der Waals surface area contributed by atoms with Crippen molar-refractivity contribution in [1.29, 1.82) is 0 Å². The van der Waals surface area contributed by atoms with Gasteiger partial charge >= 0.3 is 11.9 Å². The van der Waals surface area contributed by atoms with Crippen LogP contribution in [-0.2, 0) is 9.59 Å². The summed E-state index contributed by atoms with van der Waals surface area (Å²) in [5, 5.41) is 0. The van der Waals surface area contributed by atoms with Crippen molar-refractivity contribution in [1.82, 2.24) is 0 Å². The molecule has 3 aromatic carbocycles. The zero-order chi connectivity index (χ0) is 25.2. The molecule has 0 aliphatic heterocycles. The minimum atomic E-state index is -1.31. The Morgan fingerprint density at radius 2 is 1.32 bits per heavy atom. The largest absolute Gasteiger partial charge is 0.423 e. The van der Waals surface area contributed by atoms with E-state index >= 15 is 0 Å². The van der Waals surface area contributed by atoms with Gasteiger partial charge in [-0.15, -0.1) is 0 Å². The summed E-state index contributed by atoms with van der Waals surface area (Å²) in [7, 11) is 0. The zero-order valence-electron chi connectivity index (χ0n) is 18.8. The van der Waals surface area contributed by atoms with Gasteiger partial charge in [0.05, 0.1) is 0 Å². The van der Waals surface area contributed by atoms with E-state index in [1.165, 1.54) is 38.1 Å². The van der Waals surface area contributed by atoms with Gasteiger partial charge in [0.1, 0.15) is 11.6 Å². The summed E-state index contributed by atoms with van der Waals surface area (Å²) in [6.45, 7) is 11.4. The van der Waals surface area contributed by atoms with Crippen molar-refractivity contribution >= 4 is 11.9 Å². The molecule has 0 saturated heterocycles. The third-order valence-electron chi connectivity index (χ3n) is 4.93. The van der Waals surface area contributed by atoms with E-state index < -0.39 is 35.1 Å². The molecule has 0 saturated carbocycles. The fourth-order valence-electron chi connectivity index (χ4n) is 3.13. The first kappa shape index (κ1) is 24.5. The van der Waals surface area contributed by atoms with Crippen LogP contribution in [0.15, 0.2) is 72.8 Å². The lowest BCUT2D eigenvalue weighted by Gasteiger charge is -2.13. The van der Waals surface area contributed by atoms with E-state index in [4.69, 9.17) is 9.47 Å². The molecule has 4 nitrogen and oxygen atoms in total. The van der Waals surface area contributed by atoms with E-state index in [0.29, 0.717) is 16.7 Å². The maximum absolute atomic E-state index is 14.7. The van der Waals surface area contributed by atoms with Crippen LogP contribution in [0, 0.1) is 24.4 Å². The van der Waals surface area contributed by atoms with Gasteiger partial charge in [0.25, 0.3) is 0 Å². The number of carbonyl (C=O) groups is 2. The van der Waals surface area contributed by atoms with Crippen molar-refractivity contribution in [3.63, 3.8) is 0 Å². The molecule has 0 aliphatic carbocycles. The van der Waals surface area contributed by atoms with Crippen LogP contribution in [0.1, 0.15) is 19.4 Å². The topological polar surface area (TPSA) is 52.6 Å². The van der Waals surface area contributed by atoms with Gasteiger partial charge in [0.15, 0.2) is 11.6 Å². The number of ether oxygens (including phenoxy) is 2. The second kappa shape index (κ2) is 9.79. The molecule has 0 radical (unpaired) electrons. The summed E-state index contributed by atoms with van der Waals surface area (Å²) in [6, 6.07) is 11.1. The number of carbonyl (C=O) groups excluding carboxylic acids is 2. The minimum absolute atomic E-state index is 0.0357. The van der Waals surface area contributed by atoms with E-state index in [1.54, 1.807) is 19.1 Å². The summed E-state index contributed by atoms with van der Waals surface area (Å²) >= 11 is 0. The third kappa shape index (κ3) is 5.09. The highest BCUT2D eigenvalue weighted by molar-refractivity contribution is 5.89. The SMILES string of the molecule is C=C(C)C(=O)Oc1ccc(-c2ccc(-c3ccc(OC(=O)C(=C)C)c(F)c3F)cc2C)c(F)c1. The molecule has 0 bridgehead atoms. The predicted octanol–water partition coefficient (Wildman–Crippen LogP) is 6.71. The van der Waals surface area contributed by atoms with Gasteiger partial charge < -0.3 is 9.47 Å². The fraction of sp³-hybridized carbons (Fsp3) is 0.111. The molecule has 0 heterocycles. The molecule has 0 spiro atoms. The van der Waals surface area contributed by atoms with Crippen LogP contribution in [0.2, 0.25) is 0 Å². The third-order valence-corrected chi connectivity index (χ3v) is 4.93. The first-order chi connectivity index (χ1) is 16.0. The summed E-state index contributed by atoms with van der Waals surface area (Å²) < 4.78 is 53.8. The number of halogens is 3. The highest BCUT2D eigenvalue weighted by Gasteiger charge is 2.19. The molecule has 0 atom stereocenters. The van der Waals surface area contributed by atoms with Crippen molar-refractivity contribution in [2.24, 2.45) is 0 Å². The monoisotopic (exact) mass is 466 g/mol. The molecule has 0 N–H and O–H groups in total. The normalized spacial score (nSPS) is 10.5. The Balaban J connectivity index is 1.92. The average Bonchev–Trinajstić information content (AvgIpc) is 2.77. The summed E-state index contributed by atoms with van der Waals surface area (Å²) in [4.78, 5) is 23.2. The van der Waals surface area contributed by atoms with E-state index in [9.17, 15) is 22.8 Å². The molecule has 34 heavy (non-hydrogen) atoms. The van der Waals surface area contributed by atoms with Crippen LogP contribution in [0.25, 0.3) is 22.3 Å². The standard InChI is InChI=1S/C27H21F3O4/c1-14(2)26(31)33-18-7-9-21(22(28)13-18)19-8-6-17(12-16(19)5)20-10-11-23(25(30)24(20)29)34-27(32)15(3)4/h6-13H,1,3H2,2,4-5H3. The molecular formula is C27H21F3O4. The average molecular weight is 466 g/mol. The van der Waals surface area contributed by atoms with Crippen LogP contribution in [0.4, 0.5) is 13.2 Å². The smallest absolute Gasteiger partial charge is 0.338 e. The Labute approximate surface area is 194 Å². The maximum atomic E-state index is 14.7. The van der Waals surface area contributed by atoms with Crippen LogP contribution < -0.4 is 9.47 Å². The van der Waals surface area contributed by atoms with Gasteiger partial charge in [0.2, 0.25) is 5.82 Å². The van der Waals surface area contributed by atoms with Crippen molar-refractivity contribution < 1.29 is 32.2 Å². The molecule has 0 fully saturated rings. The lowest BCUT2D eigenvalue weighted by Crippen LogP contribution is -2.10. The Morgan fingerprint density at radius 1 is 0.735 bits per heavy atom. The van der Waals surface area contributed by atoms with Crippen molar-refractivity contribution in [2.75, 3.05) is 0 Å². The molecule has 3 aromatic rings. The second-order valence-electron chi connectivity index (χ2n) is 7.75. The number of hydrogen-bond donors (Lipinski definition) is 0. The number of benzene rings is 3. The molecule has 0 aliphatic rings. The Bertz CT molecular complexity index is 1340. The van der Waals surface area contributed by atoms with Gasteiger partial charge in [-0.3, -0.25) is 0 Å². The van der Waals surface area contributed by atoms with Crippen LogP contribution in [0.3, 0.4) is 0 Å². The van der Waals surface area contributed by atoms with Crippen molar-refractivity contribution in [3.8, 4) is 33.8 Å². The van der Waals surface area contributed by atoms with Gasteiger partial charge in [-0.05, 0) is 61.7 Å². The minimum Gasteiger partial charge on any atom is -0.423 e. The van der Waals surface area contributed by atoms with Gasteiger partial charge in [-0.25, -0.2) is 18.4 Å². The number of rotatable bonds is 6. The second-order valence-corrected chi connectivity index (χ2v) is 7.75. The van der Waals surface area contributed by atoms with Crippen molar-refractivity contribution in [3.05, 3.63) is 95.9 Å². The first-order valence-corrected chi connectivity index (χ1v) is 10.1. The summed E-state index contributed by atoms with van der Waals surface area (Å²) in [5.74, 6) is -5.15. The van der Waals surface area contributed by atoms with Gasteiger partial charge in [0, 0.05) is 28.3 Å². The molecule has 3 rings (SSSR count). The predicted molar refractivity (Wildman–Crippen MR) is 123 cm³/mol. The number of aryl methyl sites for hydroxylation is 1. The van der Waals surface area contributed by atoms with Gasteiger partial charge in [-0.1, -0.05) is 31.4 Å². The quantitative estimate of drug-likeness (QED) is 0.230. The molecule has 174 valence electrons. The van der Waals surface area contributed by atoms with Gasteiger partial charge in [-0.2, -0.15) is 4.39 Å². The summed E-state index contributed by atoms with van der Waals surface area (Å²) in [6.07, 6.45) is 0. The zero-order valence-corrected chi connectivity index (χ0v) is 18.8. The van der Waals surface area contributed by atoms with E-state index in [2.05, 4.69) is 13.2 Å². The maximum Gasteiger partial charge on any atom is 0.338 e. The number of esters is 2. The van der Waals surface area contributed by atoms with Crippen LogP contribution in [-0.4, -0.2) is 11.9 Å². The van der Waals surface area contributed by atoms with E-state index in [0.717, 1.165) is 12.1 Å². The molecule has 0 amide bonds. The van der Waals surface area contributed by atoms with Crippen molar-refractivity contribution in [2.45, 2.75) is 20.8 Å². The Hall–Kier alpha value is -4.13. The molecule has 0 aromatic heterocycles. The summed E-state index contributed by atoms with van der Waals surface area (Å²) in [5.41, 5.74) is 1.89. The molecular weight excluding hydrogens is 445 g/mol. The van der Waals surface area contributed by atoms with Crippen LogP contribution in [0.5, 0.6) is 11.5 Å². The van der Waals surface area contributed by atoms with E-state index in [1.807, 2.05) is 0 Å². The lowest BCUT2D eigenvalue weighted by atomic mass is 9.95. The molecule has 7 heteroatoms. The van der Waals surface area contributed by atoms with Crippen LogP contribution >= 0.6 is 0 Å². The van der Waals surface area contributed by atoms with E-state index in [-0.39, 0.29) is 28.0 Å². The lowest BCUT2D eigenvalue weighted by molar-refractivity contribution is -0.131. The Morgan fingerprint density at radius 3 is 1.91 bits per heavy atom.